The Labute approximate surface area is 128 Å². The fourth-order valence-electron chi connectivity index (χ4n) is 2.36. The van der Waals surface area contributed by atoms with Crippen LogP contribution in [-0.4, -0.2) is 17.9 Å². The minimum Gasteiger partial charge on any atom is -0.425 e. The summed E-state index contributed by atoms with van der Waals surface area (Å²) in [5.74, 6) is -0.332. The Bertz CT molecular complexity index is 708. The highest BCUT2D eigenvalue weighted by Crippen LogP contribution is 2.18. The van der Waals surface area contributed by atoms with E-state index in [1.165, 1.54) is 6.08 Å². The molecule has 0 spiro atoms. The highest BCUT2D eigenvalue weighted by Gasteiger charge is 2.27. The van der Waals surface area contributed by atoms with E-state index < -0.39 is 5.97 Å². The van der Waals surface area contributed by atoms with E-state index in [2.05, 4.69) is 5.32 Å². The maximum atomic E-state index is 12.1. The van der Waals surface area contributed by atoms with Gasteiger partial charge in [-0.05, 0) is 24.1 Å². The van der Waals surface area contributed by atoms with Crippen LogP contribution in [0.4, 0.5) is 0 Å². The lowest BCUT2D eigenvalue weighted by Crippen LogP contribution is -2.31. The first-order valence-electron chi connectivity index (χ1n) is 7.05. The van der Waals surface area contributed by atoms with Crippen LogP contribution in [0.1, 0.15) is 15.9 Å². The van der Waals surface area contributed by atoms with E-state index in [1.54, 1.807) is 24.3 Å². The number of rotatable bonds is 4. The van der Waals surface area contributed by atoms with Crippen LogP contribution >= 0.6 is 0 Å². The summed E-state index contributed by atoms with van der Waals surface area (Å²) in [5.41, 5.74) is 1.53. The quantitative estimate of drug-likeness (QED) is 0.881. The molecule has 0 radical (unpaired) electrons. The second kappa shape index (κ2) is 6.26. The molecule has 1 atom stereocenters. The van der Waals surface area contributed by atoms with E-state index in [4.69, 9.17) is 4.74 Å². The number of ether oxygens (including phenoxy) is 1. The molecule has 0 saturated carbocycles. The summed E-state index contributed by atoms with van der Waals surface area (Å²) in [4.78, 5) is 23.7. The monoisotopic (exact) mass is 293 g/mol. The van der Waals surface area contributed by atoms with Crippen LogP contribution in [0.2, 0.25) is 0 Å². The van der Waals surface area contributed by atoms with Gasteiger partial charge < -0.3 is 10.1 Å². The van der Waals surface area contributed by atoms with Gasteiger partial charge in [-0.25, -0.2) is 4.79 Å². The molecule has 1 heterocycles. The van der Waals surface area contributed by atoms with Crippen molar-refractivity contribution in [2.75, 3.05) is 0 Å². The summed E-state index contributed by atoms with van der Waals surface area (Å²) >= 11 is 0. The molecular formula is C18H15NO3. The summed E-state index contributed by atoms with van der Waals surface area (Å²) < 4.78 is 5.39. The lowest BCUT2D eigenvalue weighted by molar-refractivity contribution is -0.116. The maximum absolute atomic E-state index is 12.1. The normalized spacial score (nSPS) is 16.8. The molecule has 4 heteroatoms. The SMILES string of the molecule is O=C1C=C(OC(=O)c2ccccc2)[C@H](Cc2ccccc2)N1. The van der Waals surface area contributed by atoms with Crippen molar-refractivity contribution in [3.05, 3.63) is 83.6 Å². The topological polar surface area (TPSA) is 55.4 Å². The molecule has 1 aliphatic heterocycles. The summed E-state index contributed by atoms with van der Waals surface area (Å²) in [6.07, 6.45) is 1.93. The molecule has 0 saturated heterocycles. The van der Waals surface area contributed by atoms with Crippen LogP contribution in [0.15, 0.2) is 72.5 Å². The molecule has 1 N–H and O–H groups in total. The summed E-state index contributed by atoms with van der Waals surface area (Å²) in [6.45, 7) is 0. The minimum atomic E-state index is -0.457. The molecule has 3 rings (SSSR count). The molecule has 22 heavy (non-hydrogen) atoms. The van der Waals surface area contributed by atoms with Crippen LogP contribution in [0.25, 0.3) is 0 Å². The summed E-state index contributed by atoms with van der Waals surface area (Å²) in [5, 5.41) is 2.80. The molecule has 110 valence electrons. The molecule has 0 bridgehead atoms. The molecule has 0 fully saturated rings. The van der Waals surface area contributed by atoms with E-state index in [1.807, 2.05) is 36.4 Å². The Morgan fingerprint density at radius 3 is 2.32 bits per heavy atom. The van der Waals surface area contributed by atoms with Crippen molar-refractivity contribution in [3.63, 3.8) is 0 Å². The first kappa shape index (κ1) is 14.1. The molecule has 0 unspecified atom stereocenters. The van der Waals surface area contributed by atoms with Gasteiger partial charge in [0, 0.05) is 6.08 Å². The zero-order valence-electron chi connectivity index (χ0n) is 11.9. The molecule has 1 aliphatic rings. The maximum Gasteiger partial charge on any atom is 0.343 e. The van der Waals surface area contributed by atoms with Gasteiger partial charge in [0.25, 0.3) is 0 Å². The van der Waals surface area contributed by atoms with E-state index >= 15 is 0 Å². The van der Waals surface area contributed by atoms with Gasteiger partial charge in [0.2, 0.25) is 5.91 Å². The van der Waals surface area contributed by atoms with Crippen molar-refractivity contribution in [1.82, 2.24) is 5.32 Å². The van der Waals surface area contributed by atoms with Crippen LogP contribution < -0.4 is 5.32 Å². The number of nitrogens with one attached hydrogen (secondary N) is 1. The van der Waals surface area contributed by atoms with Crippen molar-refractivity contribution >= 4 is 11.9 Å². The third kappa shape index (κ3) is 3.23. The zero-order chi connectivity index (χ0) is 15.4. The van der Waals surface area contributed by atoms with Crippen molar-refractivity contribution in [2.24, 2.45) is 0 Å². The number of carbonyl (C=O) groups is 2. The molecular weight excluding hydrogens is 278 g/mol. The number of esters is 1. The Kier molecular flexibility index (Phi) is 4.01. The fraction of sp³-hybridized carbons (Fsp3) is 0.111. The van der Waals surface area contributed by atoms with E-state index in [0.29, 0.717) is 17.7 Å². The minimum absolute atomic E-state index is 0.239. The zero-order valence-corrected chi connectivity index (χ0v) is 11.9. The number of hydrogen-bond donors (Lipinski definition) is 1. The third-order valence-electron chi connectivity index (χ3n) is 3.44. The van der Waals surface area contributed by atoms with Crippen LogP contribution in [0, 0.1) is 0 Å². The summed E-state index contributed by atoms with van der Waals surface area (Å²) in [6, 6.07) is 18.2. The van der Waals surface area contributed by atoms with E-state index in [9.17, 15) is 9.59 Å². The average molecular weight is 293 g/mol. The Balaban J connectivity index is 1.72. The second-order valence-electron chi connectivity index (χ2n) is 5.05. The van der Waals surface area contributed by atoms with Gasteiger partial charge in [-0.2, -0.15) is 0 Å². The predicted octanol–water partition coefficient (Wildman–Crippen LogP) is 2.47. The van der Waals surface area contributed by atoms with Crippen molar-refractivity contribution in [1.29, 1.82) is 0 Å². The second-order valence-corrected chi connectivity index (χ2v) is 5.05. The van der Waals surface area contributed by atoms with Gasteiger partial charge in [0.05, 0.1) is 11.6 Å². The van der Waals surface area contributed by atoms with Gasteiger partial charge in [0.1, 0.15) is 5.76 Å². The lowest BCUT2D eigenvalue weighted by atomic mass is 10.1. The van der Waals surface area contributed by atoms with E-state index in [-0.39, 0.29) is 11.9 Å². The highest BCUT2D eigenvalue weighted by molar-refractivity contribution is 5.94. The Morgan fingerprint density at radius 1 is 1.00 bits per heavy atom. The van der Waals surface area contributed by atoms with Crippen LogP contribution in [0.3, 0.4) is 0 Å². The molecule has 0 aromatic heterocycles. The summed E-state index contributed by atoms with van der Waals surface area (Å²) in [7, 11) is 0. The Morgan fingerprint density at radius 2 is 1.64 bits per heavy atom. The van der Waals surface area contributed by atoms with Gasteiger partial charge in [0.15, 0.2) is 0 Å². The fourth-order valence-corrected chi connectivity index (χ4v) is 2.36. The van der Waals surface area contributed by atoms with Crippen molar-refractivity contribution in [3.8, 4) is 0 Å². The first-order valence-corrected chi connectivity index (χ1v) is 7.05. The number of hydrogen-bond acceptors (Lipinski definition) is 3. The lowest BCUT2D eigenvalue weighted by Gasteiger charge is -2.15. The Hall–Kier alpha value is -2.88. The number of carbonyl (C=O) groups excluding carboxylic acids is 2. The third-order valence-corrected chi connectivity index (χ3v) is 3.44. The van der Waals surface area contributed by atoms with Crippen LogP contribution in [-0.2, 0) is 16.0 Å². The van der Waals surface area contributed by atoms with Crippen molar-refractivity contribution < 1.29 is 14.3 Å². The highest BCUT2D eigenvalue weighted by atomic mass is 16.5. The van der Waals surface area contributed by atoms with Gasteiger partial charge in [-0.15, -0.1) is 0 Å². The van der Waals surface area contributed by atoms with E-state index in [0.717, 1.165) is 5.56 Å². The standard InChI is InChI=1S/C18H15NO3/c20-17-12-16(22-18(21)14-9-5-2-6-10-14)15(19-17)11-13-7-3-1-4-8-13/h1-10,12,15H,11H2,(H,19,20)/t15-/m0/s1. The number of benzene rings is 2. The molecule has 2 aromatic rings. The molecule has 2 aromatic carbocycles. The van der Waals surface area contributed by atoms with Crippen LogP contribution in [0.5, 0.6) is 0 Å². The van der Waals surface area contributed by atoms with Crippen molar-refractivity contribution in [2.45, 2.75) is 12.5 Å². The smallest absolute Gasteiger partial charge is 0.343 e. The number of amides is 1. The first-order chi connectivity index (χ1) is 10.7. The van der Waals surface area contributed by atoms with Gasteiger partial charge in [-0.1, -0.05) is 48.5 Å². The molecule has 1 amide bonds. The molecule has 4 nitrogen and oxygen atoms in total. The molecule has 0 aliphatic carbocycles. The predicted molar refractivity (Wildman–Crippen MR) is 82.0 cm³/mol. The average Bonchev–Trinajstić information content (AvgIpc) is 2.88. The van der Waals surface area contributed by atoms with Gasteiger partial charge in [-0.3, -0.25) is 4.79 Å². The largest absolute Gasteiger partial charge is 0.425 e. The van der Waals surface area contributed by atoms with Gasteiger partial charge >= 0.3 is 5.97 Å².